The fourth-order valence-corrected chi connectivity index (χ4v) is 6.14. The Morgan fingerprint density at radius 1 is 0.968 bits per heavy atom. The van der Waals surface area contributed by atoms with Gasteiger partial charge in [0.1, 0.15) is 12.4 Å². The third kappa shape index (κ3) is 5.27. The summed E-state index contributed by atoms with van der Waals surface area (Å²) in [5, 5.41) is 0.126. The second-order valence-corrected chi connectivity index (χ2v) is 10.3. The SMILES string of the molecule is O=C1S/C(=C/c2cc(I)c(OCc3ccccc3)c(I)c2)C(=O)N1c1cccc(Cl)c1. The van der Waals surface area contributed by atoms with E-state index in [9.17, 15) is 9.59 Å². The Hall–Kier alpha value is -1.56. The van der Waals surface area contributed by atoms with Crippen LogP contribution in [-0.4, -0.2) is 11.1 Å². The lowest BCUT2D eigenvalue weighted by molar-refractivity contribution is -0.113. The van der Waals surface area contributed by atoms with E-state index in [0.717, 1.165) is 40.7 Å². The molecule has 0 radical (unpaired) electrons. The van der Waals surface area contributed by atoms with Gasteiger partial charge in [-0.15, -0.1) is 0 Å². The number of carbonyl (C=O) groups excluding carboxylic acids is 2. The molecule has 1 saturated heterocycles. The van der Waals surface area contributed by atoms with Gasteiger partial charge in [0.25, 0.3) is 11.1 Å². The maximum absolute atomic E-state index is 12.9. The quantitative estimate of drug-likeness (QED) is 0.210. The zero-order valence-corrected chi connectivity index (χ0v) is 21.7. The van der Waals surface area contributed by atoms with Crippen LogP contribution in [0.4, 0.5) is 10.5 Å². The number of imide groups is 1. The molecule has 156 valence electrons. The van der Waals surface area contributed by atoms with Gasteiger partial charge in [-0.1, -0.05) is 48.0 Å². The van der Waals surface area contributed by atoms with Crippen LogP contribution in [0.25, 0.3) is 6.08 Å². The lowest BCUT2D eigenvalue weighted by atomic mass is 10.2. The zero-order valence-electron chi connectivity index (χ0n) is 15.8. The first-order valence-electron chi connectivity index (χ1n) is 9.11. The molecule has 1 heterocycles. The molecule has 3 aromatic rings. The highest BCUT2D eigenvalue weighted by Crippen LogP contribution is 2.37. The van der Waals surface area contributed by atoms with E-state index in [1.807, 2.05) is 42.5 Å². The topological polar surface area (TPSA) is 46.6 Å². The summed E-state index contributed by atoms with van der Waals surface area (Å²) >= 11 is 11.4. The van der Waals surface area contributed by atoms with Crippen molar-refractivity contribution in [2.24, 2.45) is 0 Å². The van der Waals surface area contributed by atoms with Crippen LogP contribution in [0.15, 0.2) is 71.6 Å². The van der Waals surface area contributed by atoms with Crippen LogP contribution >= 0.6 is 68.5 Å². The predicted molar refractivity (Wildman–Crippen MR) is 143 cm³/mol. The van der Waals surface area contributed by atoms with Crippen LogP contribution in [0.2, 0.25) is 5.02 Å². The number of rotatable bonds is 5. The number of amides is 2. The van der Waals surface area contributed by atoms with Gasteiger partial charge in [0, 0.05) is 5.02 Å². The van der Waals surface area contributed by atoms with Crippen molar-refractivity contribution in [1.29, 1.82) is 0 Å². The third-order valence-corrected chi connectivity index (χ3v) is 7.11. The minimum atomic E-state index is -0.355. The normalized spacial score (nSPS) is 15.1. The van der Waals surface area contributed by atoms with Crippen molar-refractivity contribution in [3.8, 4) is 5.75 Å². The molecular formula is C23H14ClI2NO3S. The number of nitrogens with zero attached hydrogens (tertiary/aromatic N) is 1. The number of hydrogen-bond donors (Lipinski definition) is 0. The number of benzene rings is 3. The van der Waals surface area contributed by atoms with Crippen molar-refractivity contribution in [2.75, 3.05) is 4.90 Å². The van der Waals surface area contributed by atoms with Crippen molar-refractivity contribution in [2.45, 2.75) is 6.61 Å². The van der Waals surface area contributed by atoms with Crippen molar-refractivity contribution in [1.82, 2.24) is 0 Å². The van der Waals surface area contributed by atoms with Gasteiger partial charge in [-0.2, -0.15) is 0 Å². The Bertz CT molecular complexity index is 1180. The number of thioether (sulfide) groups is 1. The van der Waals surface area contributed by atoms with Crippen LogP contribution in [0.1, 0.15) is 11.1 Å². The molecule has 1 aliphatic rings. The van der Waals surface area contributed by atoms with E-state index in [0.29, 0.717) is 22.2 Å². The molecule has 1 aliphatic heterocycles. The van der Waals surface area contributed by atoms with Gasteiger partial charge in [0.15, 0.2) is 0 Å². The molecule has 4 nitrogen and oxygen atoms in total. The highest BCUT2D eigenvalue weighted by Gasteiger charge is 2.36. The van der Waals surface area contributed by atoms with Crippen LogP contribution in [0, 0.1) is 7.14 Å². The second-order valence-electron chi connectivity index (χ2n) is 6.58. The molecule has 0 saturated carbocycles. The van der Waals surface area contributed by atoms with E-state index < -0.39 is 0 Å². The van der Waals surface area contributed by atoms with Crippen molar-refractivity contribution in [3.63, 3.8) is 0 Å². The Morgan fingerprint density at radius 3 is 2.35 bits per heavy atom. The van der Waals surface area contributed by atoms with E-state index in [1.54, 1.807) is 30.3 Å². The molecule has 0 spiro atoms. The first-order chi connectivity index (χ1) is 14.9. The maximum Gasteiger partial charge on any atom is 0.298 e. The van der Waals surface area contributed by atoms with Crippen molar-refractivity contribution < 1.29 is 14.3 Å². The number of ether oxygens (including phenoxy) is 1. The smallest absolute Gasteiger partial charge is 0.298 e. The Morgan fingerprint density at radius 2 is 1.68 bits per heavy atom. The summed E-state index contributed by atoms with van der Waals surface area (Å²) in [6.07, 6.45) is 1.74. The summed E-state index contributed by atoms with van der Waals surface area (Å²) in [6.45, 7) is 0.477. The molecule has 0 aromatic heterocycles. The van der Waals surface area contributed by atoms with Gasteiger partial charge in [0.05, 0.1) is 17.7 Å². The lowest BCUT2D eigenvalue weighted by Gasteiger charge is -2.13. The maximum atomic E-state index is 12.9. The van der Waals surface area contributed by atoms with Gasteiger partial charge in [-0.05, 0) is 104 Å². The van der Waals surface area contributed by atoms with Crippen LogP contribution in [0.5, 0.6) is 5.75 Å². The fourth-order valence-electron chi connectivity index (χ4n) is 2.99. The second kappa shape index (κ2) is 9.93. The Labute approximate surface area is 216 Å². The van der Waals surface area contributed by atoms with Gasteiger partial charge in [0.2, 0.25) is 0 Å². The summed E-state index contributed by atoms with van der Waals surface area (Å²) < 4.78 is 7.88. The molecule has 1 fully saturated rings. The monoisotopic (exact) mass is 673 g/mol. The molecule has 0 unspecified atom stereocenters. The average molecular weight is 674 g/mol. The van der Waals surface area contributed by atoms with E-state index in [-0.39, 0.29) is 11.1 Å². The summed E-state index contributed by atoms with van der Waals surface area (Å²) in [7, 11) is 0. The lowest BCUT2D eigenvalue weighted by Crippen LogP contribution is -2.27. The first kappa shape index (κ1) is 22.6. The molecule has 0 aliphatic carbocycles. The summed E-state index contributed by atoms with van der Waals surface area (Å²) in [5.74, 6) is 0.445. The first-order valence-corrected chi connectivity index (χ1v) is 12.5. The van der Waals surface area contributed by atoms with Gasteiger partial charge >= 0.3 is 0 Å². The largest absolute Gasteiger partial charge is 0.487 e. The minimum Gasteiger partial charge on any atom is -0.487 e. The molecule has 8 heteroatoms. The molecule has 3 aromatic carbocycles. The molecule has 0 N–H and O–H groups in total. The number of hydrogen-bond acceptors (Lipinski definition) is 4. The van der Waals surface area contributed by atoms with E-state index in [1.165, 1.54) is 0 Å². The summed E-state index contributed by atoms with van der Waals surface area (Å²) in [4.78, 5) is 26.9. The fraction of sp³-hybridized carbons (Fsp3) is 0.0435. The van der Waals surface area contributed by atoms with E-state index in [4.69, 9.17) is 16.3 Å². The molecule has 4 rings (SSSR count). The van der Waals surface area contributed by atoms with E-state index in [2.05, 4.69) is 45.2 Å². The number of anilines is 1. The van der Waals surface area contributed by atoms with Crippen LogP contribution in [-0.2, 0) is 11.4 Å². The molecule has 0 bridgehead atoms. The van der Waals surface area contributed by atoms with Gasteiger partial charge in [-0.3, -0.25) is 9.59 Å². The summed E-state index contributed by atoms with van der Waals surface area (Å²) in [5.41, 5.74) is 2.39. The highest BCUT2D eigenvalue weighted by molar-refractivity contribution is 14.1. The Kier molecular flexibility index (Phi) is 7.25. The Balaban J connectivity index is 1.56. The number of carbonyl (C=O) groups is 2. The third-order valence-electron chi connectivity index (χ3n) is 4.40. The van der Waals surface area contributed by atoms with E-state index >= 15 is 0 Å². The van der Waals surface area contributed by atoms with Gasteiger partial charge < -0.3 is 4.74 Å². The molecule has 2 amide bonds. The summed E-state index contributed by atoms with van der Waals surface area (Å²) in [6, 6.07) is 20.6. The van der Waals surface area contributed by atoms with Gasteiger partial charge in [-0.25, -0.2) is 4.90 Å². The number of halogens is 3. The highest BCUT2D eigenvalue weighted by atomic mass is 127. The molecule has 31 heavy (non-hydrogen) atoms. The molecular weight excluding hydrogens is 660 g/mol. The molecule has 0 atom stereocenters. The standard InChI is InChI=1S/C23H14ClI2NO3S/c24-16-7-4-8-17(12-16)27-22(28)20(31-23(27)29)11-15-9-18(25)21(19(26)10-15)30-13-14-5-2-1-3-6-14/h1-12H,13H2/b20-11+. The minimum absolute atomic E-state index is 0.342. The van der Waals surface area contributed by atoms with Crippen LogP contribution < -0.4 is 9.64 Å². The van der Waals surface area contributed by atoms with Crippen molar-refractivity contribution >= 4 is 91.5 Å². The van der Waals surface area contributed by atoms with Crippen LogP contribution in [0.3, 0.4) is 0 Å². The van der Waals surface area contributed by atoms with Crippen molar-refractivity contribution in [3.05, 3.63) is 94.9 Å². The zero-order chi connectivity index (χ0) is 22.0. The predicted octanol–water partition coefficient (Wildman–Crippen LogP) is 7.37. The average Bonchev–Trinajstić information content (AvgIpc) is 3.01.